The van der Waals surface area contributed by atoms with Gasteiger partial charge >= 0.3 is 47.7 Å². The number of hydrogen-bond acceptors (Lipinski definition) is 21. The van der Waals surface area contributed by atoms with Crippen molar-refractivity contribution in [3.63, 3.8) is 0 Å². The van der Waals surface area contributed by atoms with Crippen LogP contribution < -0.4 is 83.5 Å². The number of ketones is 1. The quantitative estimate of drug-likeness (QED) is 0.00861. The van der Waals surface area contributed by atoms with E-state index in [1.165, 1.54) is 84.4 Å². The molecule has 6 aliphatic rings. The van der Waals surface area contributed by atoms with Crippen molar-refractivity contribution in [3.8, 4) is 0 Å². The fourth-order valence-corrected chi connectivity index (χ4v) is 18.3. The molecule has 3 unspecified atom stereocenters. The zero-order valence-corrected chi connectivity index (χ0v) is 80.7. The fourth-order valence-electron chi connectivity index (χ4n) is 18.0. The number of nitrogens with one attached hydrogen (secondary N) is 7. The summed E-state index contributed by atoms with van der Waals surface area (Å²) in [5, 5.41) is 63.9. The molecule has 0 bridgehead atoms. The molecule has 36 heteroatoms. The van der Waals surface area contributed by atoms with Gasteiger partial charge in [-0.2, -0.15) is 0 Å². The number of rotatable bonds is 30. The first-order valence-corrected chi connectivity index (χ1v) is 46.8. The molecule has 12 aromatic rings. The van der Waals surface area contributed by atoms with Crippen molar-refractivity contribution in [1.29, 1.82) is 0 Å². The summed E-state index contributed by atoms with van der Waals surface area (Å²) in [6.07, 6.45) is 20.1. The molecule has 6 aromatic carbocycles. The molecule has 8 amide bonds. The molecule has 6 fully saturated rings. The van der Waals surface area contributed by atoms with Crippen LogP contribution >= 0.6 is 34.8 Å². The average Bonchev–Trinajstić information content (AvgIpc) is 1.48. The predicted octanol–water partition coefficient (Wildman–Crippen LogP) is 12.9. The molecule has 0 spiro atoms. The Kier molecular flexibility index (Phi) is 34.2. The van der Waals surface area contributed by atoms with Crippen molar-refractivity contribution in [2.75, 3.05) is 46.2 Å². The van der Waals surface area contributed by atoms with Crippen LogP contribution in [0, 0.1) is 35.2 Å². The van der Waals surface area contributed by atoms with Crippen molar-refractivity contribution >= 4 is 106 Å². The molecule has 9 heterocycles. The van der Waals surface area contributed by atoms with Crippen LogP contribution in [0.25, 0.3) is 0 Å². The number of carbonyl (C=O) groups is 7. The van der Waals surface area contributed by atoms with E-state index < -0.39 is 105 Å². The third kappa shape index (κ3) is 25.8. The minimum atomic E-state index is -1.60. The molecule has 140 heavy (non-hydrogen) atoms. The first-order chi connectivity index (χ1) is 66.9. The molecule has 0 radical (unpaired) electrons. The molecule has 720 valence electrons. The van der Waals surface area contributed by atoms with Gasteiger partial charge in [-0.15, -0.1) is 0 Å². The van der Waals surface area contributed by atoms with E-state index in [0.29, 0.717) is 91.3 Å². The van der Waals surface area contributed by atoms with Crippen LogP contribution in [0.4, 0.5) is 56.4 Å². The Hall–Kier alpha value is -12.5. The second-order valence-electron chi connectivity index (χ2n) is 36.0. The van der Waals surface area contributed by atoms with Crippen LogP contribution in [0.2, 0.25) is 15.1 Å². The average molecular weight is 1970 g/mol. The number of carbonyl (C=O) groups excluding carboxylic acids is 7. The number of hydrogen-bond donors (Lipinski definition) is 12. The normalized spacial score (nSPS) is 20.2. The van der Waals surface area contributed by atoms with E-state index in [2.05, 4.69) is 72.0 Å². The molecule has 3 aliphatic carbocycles. The van der Waals surface area contributed by atoms with Gasteiger partial charge in [0.15, 0.2) is 5.78 Å². The van der Waals surface area contributed by atoms with E-state index in [-0.39, 0.29) is 116 Å². The molecule has 3 aliphatic heterocycles. The van der Waals surface area contributed by atoms with Crippen LogP contribution in [0.1, 0.15) is 152 Å². The fraction of sp³-hybridized carbons (Fsp3) is 0.298. The Morgan fingerprint density at radius 1 is 0.464 bits per heavy atom. The monoisotopic (exact) mass is 1970 g/mol. The van der Waals surface area contributed by atoms with Gasteiger partial charge in [0.1, 0.15) is 63.3 Å². The van der Waals surface area contributed by atoms with E-state index in [0.717, 1.165) is 43.4 Å². The number of aromatic nitrogens is 6. The largest absolute Gasteiger partial charge is 1.00 e. The first kappa shape index (κ1) is 103. The predicted molar refractivity (Wildman–Crippen MR) is 517 cm³/mol. The molecule has 14 N–H and O–H groups in total. The minimum absolute atomic E-state index is 0. The third-order valence-corrected chi connectivity index (χ3v) is 26.9. The van der Waals surface area contributed by atoms with Gasteiger partial charge in [-0.3, -0.25) is 50.1 Å². The number of pyridine rings is 6. The van der Waals surface area contributed by atoms with E-state index in [1.54, 1.807) is 152 Å². The Morgan fingerprint density at radius 2 is 0.857 bits per heavy atom. The number of benzene rings is 6. The van der Waals surface area contributed by atoms with Crippen LogP contribution in [-0.2, 0) is 63.9 Å². The number of aliphatic hydroxyl groups is 3. The van der Waals surface area contributed by atoms with Crippen molar-refractivity contribution in [3.05, 3.63) is 362 Å². The molecular formula is C104H104Cl3F3N17NaO12. The summed E-state index contributed by atoms with van der Waals surface area (Å²) >= 11 is 17.9. The van der Waals surface area contributed by atoms with Gasteiger partial charge in [-0.25, -0.2) is 42.5 Å². The molecule has 29 nitrogen and oxygen atoms in total. The van der Waals surface area contributed by atoms with Gasteiger partial charge in [0.25, 0.3) is 6.47 Å². The van der Waals surface area contributed by atoms with Crippen molar-refractivity contribution < 1.29 is 102 Å². The summed E-state index contributed by atoms with van der Waals surface area (Å²) in [7, 11) is 0. The van der Waals surface area contributed by atoms with E-state index in [1.807, 2.05) is 72.8 Å². The van der Waals surface area contributed by atoms with Gasteiger partial charge in [0.2, 0.25) is 11.8 Å². The van der Waals surface area contributed by atoms with Crippen molar-refractivity contribution in [2.24, 2.45) is 29.2 Å². The standard InChI is InChI=1S/C40H37Cl2FN8O4.C35H35ClFN5O3.C28H31FN4O2.CH2O3.Na/c41-28-12-15-34(45-22-28)48-37(53)50-40(18-17-25-9-10-25,33-8-4-5-19-44-33)27-11-14-30(43)31(20-27)47-36(52)32-21-39(55,26-6-2-1-3-7-26)24-51(32)38(54)49-35-16-13-29(42)23-46-35;36-27-12-14-32(40-21-27)41-33(44)42-22-34(45,25-6-2-1-3-7-25)20-29(42)30(43)19-24-18-26(11-13-28(24)37)35(38,16-15-23-9-10-23)31-8-4-5-17-39-31;29-22-12-11-21(28(30,14-13-19-9-10-19)25-8-4-5-15-31-25)16-23(22)33-26(34)24-17-27(35,18-32-24)20-6-2-1-3-7-20;2-1-4-3;/h1-8,11-16,19-20,22-23,25,32,55H,9-10,17-18,21,24H2,(H,47,52)(H,46,49,54)(H2,45,48,50,53);1-8,11-14,17-18,21,23,29,45H,9-10,15-16,19-20,22,38H2,(H,40,41,44);1-8,11-12,15-16,19,24,32,35H,9-10,13-14,17-18,30H2,(H,33,34);1,3H;/q;;;;+1/p-1/t32-,39-,40?;29-,34-,35?;24-,27-,28?;;/m111../s1. The Labute approximate surface area is 843 Å². The summed E-state index contributed by atoms with van der Waals surface area (Å²) in [6.45, 7) is -0.311. The smallest absolute Gasteiger partial charge is 0.662 e. The SMILES string of the molecule is NC(CCC1CC1)(c1ccc(F)c(CC(=O)[C@H]2C[C@](O)(c3ccccc3)CN2C(=O)Nc2ccc(Cl)cn2)c1)c1ccccn1.NC(CCC1CC1)(c1ccc(F)c(NC(=O)[C@H]2C[C@](O)(c3ccccc3)CN2)c1)c1ccccn1.O=C(Nc1ccc(Cl)cn1)NC(CCC1CC1)(c1ccc(F)c(NC(=O)[C@H]2C[C@](O)(c3ccccc3)CN2C(=O)Nc2ccc(Cl)cn2)c1)c1ccccn1.O=CO[O-].[Na+]. The number of β-amino-alcohol motifs (C(OH)–C–C–N with tert-alkyl or cyclic N) is 3. The summed E-state index contributed by atoms with van der Waals surface area (Å²) in [4.78, 5) is 122. The van der Waals surface area contributed by atoms with E-state index in [4.69, 9.17) is 56.3 Å². The topological polar surface area (TPSA) is 433 Å². The maximum absolute atomic E-state index is 15.8. The van der Waals surface area contributed by atoms with E-state index in [9.17, 15) is 48.5 Å². The molecule has 18 rings (SSSR count). The van der Waals surface area contributed by atoms with Gasteiger partial charge in [-0.05, 0) is 198 Å². The first-order valence-electron chi connectivity index (χ1n) is 45.7. The second kappa shape index (κ2) is 46.3. The number of nitrogens with two attached hydrogens (primary N) is 2. The number of urea groups is 3. The summed E-state index contributed by atoms with van der Waals surface area (Å²) in [5.74, 6) is -0.921. The molecule has 3 saturated heterocycles. The zero-order valence-electron chi connectivity index (χ0n) is 76.5. The Morgan fingerprint density at radius 3 is 1.29 bits per heavy atom. The summed E-state index contributed by atoms with van der Waals surface area (Å²) in [5.41, 5.74) is 12.2. The Bertz CT molecular complexity index is 6290. The van der Waals surface area contributed by atoms with Gasteiger partial charge in [-0.1, -0.05) is 207 Å². The maximum atomic E-state index is 15.8. The number of Topliss-reactive ketones (excluding diaryl/α,β-unsaturated/α-hetero) is 1. The zero-order chi connectivity index (χ0) is 98.1. The number of halogens is 6. The maximum Gasteiger partial charge on any atom is 1.00 e. The van der Waals surface area contributed by atoms with Gasteiger partial charge < -0.3 is 68.0 Å². The summed E-state index contributed by atoms with van der Waals surface area (Å²) in [6, 6.07) is 61.5. The molecular weight excluding hydrogens is 1870 g/mol. The number of amides is 8. The minimum Gasteiger partial charge on any atom is -0.662 e. The van der Waals surface area contributed by atoms with Crippen LogP contribution in [0.15, 0.2) is 274 Å². The van der Waals surface area contributed by atoms with Crippen molar-refractivity contribution in [2.45, 2.75) is 154 Å². The molecule has 3 saturated carbocycles. The molecule has 9 atom stereocenters. The molecule has 6 aromatic heterocycles. The number of anilines is 5. The third-order valence-electron chi connectivity index (χ3n) is 26.2. The van der Waals surface area contributed by atoms with Crippen LogP contribution in [0.5, 0.6) is 0 Å². The summed E-state index contributed by atoms with van der Waals surface area (Å²) < 4.78 is 46.0. The number of nitrogens with zero attached hydrogens (tertiary/aromatic N) is 8. The Balaban J connectivity index is 0.000000167. The van der Waals surface area contributed by atoms with Crippen molar-refractivity contribution in [1.82, 2.24) is 50.3 Å². The van der Waals surface area contributed by atoms with Crippen LogP contribution in [-0.4, -0.2) is 135 Å². The van der Waals surface area contributed by atoms with E-state index >= 15 is 8.78 Å². The van der Waals surface area contributed by atoms with Gasteiger partial charge in [0, 0.05) is 69.4 Å². The van der Waals surface area contributed by atoms with Crippen LogP contribution in [0.3, 0.4) is 0 Å². The second-order valence-corrected chi connectivity index (χ2v) is 37.3. The number of likely N-dealkylation sites (tertiary alicyclic amines) is 2. The van der Waals surface area contributed by atoms with Gasteiger partial charge in [0.05, 0.1) is 79.8 Å².